The molecule has 102 valence electrons. The van der Waals surface area contributed by atoms with Crippen molar-refractivity contribution in [3.63, 3.8) is 0 Å². The minimum Gasteiger partial charge on any atom is -0.306 e. The van der Waals surface area contributed by atoms with E-state index in [1.165, 1.54) is 17.4 Å². The monoisotopic (exact) mass is 306 g/mol. The van der Waals surface area contributed by atoms with Crippen molar-refractivity contribution in [1.29, 1.82) is 0 Å². The zero-order chi connectivity index (χ0) is 13.9. The van der Waals surface area contributed by atoms with E-state index in [1.54, 1.807) is 12.3 Å². The maximum atomic E-state index is 12.5. The molecular weight excluding hydrogens is 297 g/mol. The number of halogens is 4. The van der Waals surface area contributed by atoms with E-state index in [4.69, 9.17) is 11.6 Å². The largest absolute Gasteiger partial charge is 0.416 e. The van der Waals surface area contributed by atoms with Crippen LogP contribution in [0.3, 0.4) is 0 Å². The summed E-state index contributed by atoms with van der Waals surface area (Å²) in [5.74, 6) is 0. The minimum atomic E-state index is -4.31. The van der Waals surface area contributed by atoms with Crippen LogP contribution in [0.5, 0.6) is 0 Å². The molecule has 7 heteroatoms. The second kappa shape index (κ2) is 5.90. The van der Waals surface area contributed by atoms with Gasteiger partial charge in [-0.15, -0.1) is 11.3 Å². The summed E-state index contributed by atoms with van der Waals surface area (Å²) in [4.78, 5) is 4.05. The molecule has 0 atom stereocenters. The standard InChI is InChI=1S/C12H10ClF3N2S/c13-10-6-18-11(19-10)7-17-5-8-2-1-3-9(4-8)12(14,15)16/h1-4,6,17H,5,7H2. The van der Waals surface area contributed by atoms with Crippen molar-refractivity contribution in [2.45, 2.75) is 19.3 Å². The molecule has 19 heavy (non-hydrogen) atoms. The number of nitrogens with zero attached hydrogens (tertiary/aromatic N) is 1. The molecule has 0 saturated heterocycles. The molecule has 0 saturated carbocycles. The molecule has 2 nitrogen and oxygen atoms in total. The van der Waals surface area contributed by atoms with Gasteiger partial charge in [0, 0.05) is 13.1 Å². The van der Waals surface area contributed by atoms with Crippen LogP contribution in [0.15, 0.2) is 30.5 Å². The number of aromatic nitrogens is 1. The average Bonchev–Trinajstić information content (AvgIpc) is 2.74. The van der Waals surface area contributed by atoms with Gasteiger partial charge in [-0.3, -0.25) is 0 Å². The van der Waals surface area contributed by atoms with Gasteiger partial charge in [-0.2, -0.15) is 13.2 Å². The van der Waals surface area contributed by atoms with Crippen LogP contribution in [0.1, 0.15) is 16.1 Å². The lowest BCUT2D eigenvalue weighted by Gasteiger charge is -2.09. The summed E-state index contributed by atoms with van der Waals surface area (Å²) in [5, 5.41) is 3.83. The third-order valence-corrected chi connectivity index (χ3v) is 3.50. The van der Waals surface area contributed by atoms with Crippen molar-refractivity contribution >= 4 is 22.9 Å². The lowest BCUT2D eigenvalue weighted by atomic mass is 10.1. The maximum absolute atomic E-state index is 12.5. The maximum Gasteiger partial charge on any atom is 0.416 e. The lowest BCUT2D eigenvalue weighted by Crippen LogP contribution is -2.13. The van der Waals surface area contributed by atoms with Gasteiger partial charge in [-0.05, 0) is 11.6 Å². The van der Waals surface area contributed by atoms with Gasteiger partial charge in [0.1, 0.15) is 9.34 Å². The van der Waals surface area contributed by atoms with Crippen LogP contribution in [0.25, 0.3) is 0 Å². The van der Waals surface area contributed by atoms with Gasteiger partial charge >= 0.3 is 6.18 Å². The van der Waals surface area contributed by atoms with Crippen LogP contribution in [-0.2, 0) is 19.3 Å². The van der Waals surface area contributed by atoms with Crippen LogP contribution in [0.4, 0.5) is 13.2 Å². The summed E-state index contributed by atoms with van der Waals surface area (Å²) in [7, 11) is 0. The van der Waals surface area contributed by atoms with Crippen molar-refractivity contribution in [2.75, 3.05) is 0 Å². The third kappa shape index (κ3) is 4.19. The Hall–Kier alpha value is -1.11. The number of benzene rings is 1. The number of hydrogen-bond acceptors (Lipinski definition) is 3. The smallest absolute Gasteiger partial charge is 0.306 e. The third-order valence-electron chi connectivity index (χ3n) is 2.39. The second-order valence-electron chi connectivity index (χ2n) is 3.86. The summed E-state index contributed by atoms with van der Waals surface area (Å²) in [6, 6.07) is 5.25. The number of alkyl halides is 3. The Bertz CT molecular complexity index is 554. The Balaban J connectivity index is 1.93. The molecule has 0 aliphatic rings. The van der Waals surface area contributed by atoms with E-state index in [-0.39, 0.29) is 0 Å². The molecule has 2 aromatic rings. The fraction of sp³-hybridized carbons (Fsp3) is 0.250. The Labute approximate surface area is 117 Å². The highest BCUT2D eigenvalue weighted by Gasteiger charge is 2.30. The lowest BCUT2D eigenvalue weighted by molar-refractivity contribution is -0.137. The normalized spacial score (nSPS) is 11.8. The Morgan fingerprint density at radius 2 is 2.05 bits per heavy atom. The predicted octanol–water partition coefficient (Wildman–Crippen LogP) is 4.11. The van der Waals surface area contributed by atoms with Crippen molar-refractivity contribution < 1.29 is 13.2 Å². The van der Waals surface area contributed by atoms with Gasteiger partial charge in [0.25, 0.3) is 0 Å². The molecule has 1 aromatic heterocycles. The molecule has 0 aliphatic heterocycles. The highest BCUT2D eigenvalue weighted by Crippen LogP contribution is 2.29. The summed E-state index contributed by atoms with van der Waals surface area (Å²) < 4.78 is 38.1. The van der Waals surface area contributed by atoms with E-state index in [9.17, 15) is 13.2 Å². The fourth-order valence-corrected chi connectivity index (χ4v) is 2.47. The molecular formula is C12H10ClF3N2S. The van der Waals surface area contributed by atoms with Crippen molar-refractivity contribution in [3.05, 3.63) is 50.9 Å². The van der Waals surface area contributed by atoms with E-state index < -0.39 is 11.7 Å². The second-order valence-corrected chi connectivity index (χ2v) is 5.61. The summed E-state index contributed by atoms with van der Waals surface area (Å²) in [6.45, 7) is 0.828. The molecule has 0 bridgehead atoms. The van der Waals surface area contributed by atoms with E-state index in [0.717, 1.165) is 17.1 Å². The van der Waals surface area contributed by atoms with Crippen LogP contribution in [0, 0.1) is 0 Å². The van der Waals surface area contributed by atoms with Crippen LogP contribution in [0.2, 0.25) is 4.34 Å². The molecule has 0 aliphatic carbocycles. The molecule has 2 rings (SSSR count). The topological polar surface area (TPSA) is 24.9 Å². The predicted molar refractivity (Wildman–Crippen MR) is 69.1 cm³/mol. The summed E-state index contributed by atoms with van der Waals surface area (Å²) in [6.07, 6.45) is -2.76. The van der Waals surface area contributed by atoms with Gasteiger partial charge in [-0.1, -0.05) is 29.8 Å². The molecule has 0 unspecified atom stereocenters. The van der Waals surface area contributed by atoms with Crippen molar-refractivity contribution in [2.24, 2.45) is 0 Å². The quantitative estimate of drug-likeness (QED) is 0.919. The first kappa shape index (κ1) is 14.3. The molecule has 1 aromatic carbocycles. The number of rotatable bonds is 4. The van der Waals surface area contributed by atoms with Crippen LogP contribution >= 0.6 is 22.9 Å². The average molecular weight is 307 g/mol. The zero-order valence-electron chi connectivity index (χ0n) is 9.67. The van der Waals surface area contributed by atoms with Crippen molar-refractivity contribution in [3.8, 4) is 0 Å². The molecule has 0 fully saturated rings. The molecule has 0 radical (unpaired) electrons. The zero-order valence-corrected chi connectivity index (χ0v) is 11.2. The van der Waals surface area contributed by atoms with E-state index in [1.807, 2.05) is 0 Å². The van der Waals surface area contributed by atoms with Crippen LogP contribution in [-0.4, -0.2) is 4.98 Å². The van der Waals surface area contributed by atoms with Gasteiger partial charge in [0.15, 0.2) is 0 Å². The molecule has 1 N–H and O–H groups in total. The van der Waals surface area contributed by atoms with E-state index in [0.29, 0.717) is 23.0 Å². The van der Waals surface area contributed by atoms with E-state index >= 15 is 0 Å². The fourth-order valence-electron chi connectivity index (χ4n) is 1.54. The Morgan fingerprint density at radius 3 is 2.68 bits per heavy atom. The molecule has 1 heterocycles. The number of hydrogen-bond donors (Lipinski definition) is 1. The van der Waals surface area contributed by atoms with Gasteiger partial charge < -0.3 is 5.32 Å². The summed E-state index contributed by atoms with van der Waals surface area (Å²) in [5.41, 5.74) is -0.0541. The highest BCUT2D eigenvalue weighted by atomic mass is 35.5. The first-order valence-electron chi connectivity index (χ1n) is 5.42. The van der Waals surface area contributed by atoms with Crippen LogP contribution < -0.4 is 5.32 Å². The number of nitrogens with one attached hydrogen (secondary N) is 1. The minimum absolute atomic E-state index is 0.348. The van der Waals surface area contributed by atoms with Gasteiger partial charge in [0.2, 0.25) is 0 Å². The SMILES string of the molecule is FC(F)(F)c1cccc(CNCc2ncc(Cl)s2)c1. The first-order chi connectivity index (χ1) is 8.95. The molecule has 0 spiro atoms. The van der Waals surface area contributed by atoms with Gasteiger partial charge in [0.05, 0.1) is 11.8 Å². The summed E-state index contributed by atoms with van der Waals surface area (Å²) >= 11 is 7.07. The van der Waals surface area contributed by atoms with Gasteiger partial charge in [-0.25, -0.2) is 4.98 Å². The Kier molecular flexibility index (Phi) is 4.44. The number of thiazole rings is 1. The van der Waals surface area contributed by atoms with Crippen molar-refractivity contribution in [1.82, 2.24) is 10.3 Å². The Morgan fingerprint density at radius 1 is 1.26 bits per heavy atom. The van der Waals surface area contributed by atoms with E-state index in [2.05, 4.69) is 10.3 Å². The highest BCUT2D eigenvalue weighted by molar-refractivity contribution is 7.15. The first-order valence-corrected chi connectivity index (χ1v) is 6.61. The molecule has 0 amide bonds.